The van der Waals surface area contributed by atoms with Gasteiger partial charge in [0.2, 0.25) is 0 Å². The summed E-state index contributed by atoms with van der Waals surface area (Å²) in [6, 6.07) is 7.17. The van der Waals surface area contributed by atoms with E-state index in [0.717, 1.165) is 18.7 Å². The fourth-order valence-electron chi connectivity index (χ4n) is 3.34. The second kappa shape index (κ2) is 7.28. The zero-order valence-electron chi connectivity index (χ0n) is 13.9. The van der Waals surface area contributed by atoms with Crippen LogP contribution in [0.15, 0.2) is 18.2 Å². The van der Waals surface area contributed by atoms with E-state index in [-0.39, 0.29) is 6.04 Å². The summed E-state index contributed by atoms with van der Waals surface area (Å²) in [7, 11) is 0. The van der Waals surface area contributed by atoms with Gasteiger partial charge in [0, 0.05) is 30.2 Å². The Morgan fingerprint density at radius 1 is 1.29 bits per heavy atom. The van der Waals surface area contributed by atoms with Gasteiger partial charge in [0.15, 0.2) is 0 Å². The number of phenols is 1. The van der Waals surface area contributed by atoms with Gasteiger partial charge in [0.25, 0.3) is 0 Å². The molecule has 1 heterocycles. The Morgan fingerprint density at radius 3 is 2.67 bits per heavy atom. The molecule has 0 saturated carbocycles. The Hall–Kier alpha value is -1.06. The zero-order valence-corrected chi connectivity index (χ0v) is 13.9. The number of benzene rings is 1. The Balaban J connectivity index is 2.14. The highest BCUT2D eigenvalue weighted by atomic mass is 16.3. The van der Waals surface area contributed by atoms with Crippen molar-refractivity contribution in [3.8, 4) is 5.75 Å². The van der Waals surface area contributed by atoms with Crippen LogP contribution in [0, 0.1) is 6.92 Å². The predicted molar refractivity (Wildman–Crippen MR) is 88.7 cm³/mol. The highest BCUT2D eigenvalue weighted by molar-refractivity contribution is 5.37. The van der Waals surface area contributed by atoms with E-state index in [4.69, 9.17) is 0 Å². The molecule has 2 rings (SSSR count). The Labute approximate surface area is 129 Å². The molecule has 3 heteroatoms. The Bertz CT molecular complexity index is 453. The monoisotopic (exact) mass is 290 g/mol. The summed E-state index contributed by atoms with van der Waals surface area (Å²) in [6.45, 7) is 11.0. The van der Waals surface area contributed by atoms with Crippen LogP contribution in [0.25, 0.3) is 0 Å². The van der Waals surface area contributed by atoms with Crippen molar-refractivity contribution in [1.82, 2.24) is 10.2 Å². The van der Waals surface area contributed by atoms with Crippen LogP contribution >= 0.6 is 0 Å². The first kappa shape index (κ1) is 16.3. The molecule has 2 atom stereocenters. The van der Waals surface area contributed by atoms with Gasteiger partial charge < -0.3 is 10.4 Å². The van der Waals surface area contributed by atoms with Crippen LogP contribution in [-0.4, -0.2) is 35.2 Å². The van der Waals surface area contributed by atoms with Crippen molar-refractivity contribution in [1.29, 1.82) is 0 Å². The fourth-order valence-corrected chi connectivity index (χ4v) is 3.34. The molecule has 0 bridgehead atoms. The maximum Gasteiger partial charge on any atom is 0.120 e. The lowest BCUT2D eigenvalue weighted by molar-refractivity contribution is 0.136. The third kappa shape index (κ3) is 4.21. The van der Waals surface area contributed by atoms with Gasteiger partial charge in [-0.25, -0.2) is 0 Å². The first-order chi connectivity index (χ1) is 9.99. The summed E-state index contributed by atoms with van der Waals surface area (Å²) in [4.78, 5) is 2.50. The van der Waals surface area contributed by atoms with Crippen molar-refractivity contribution >= 4 is 0 Å². The minimum atomic E-state index is 0.230. The molecule has 0 aromatic heterocycles. The molecule has 2 unspecified atom stereocenters. The van der Waals surface area contributed by atoms with Crippen LogP contribution in [0.1, 0.15) is 57.2 Å². The fraction of sp³-hybridized carbons (Fsp3) is 0.667. The van der Waals surface area contributed by atoms with Crippen molar-refractivity contribution in [2.45, 2.75) is 65.1 Å². The predicted octanol–water partition coefficient (Wildman–Crippen LogP) is 3.61. The quantitative estimate of drug-likeness (QED) is 0.869. The molecule has 0 amide bonds. The molecule has 3 nitrogen and oxygen atoms in total. The lowest BCUT2D eigenvalue weighted by Gasteiger charge is -2.37. The van der Waals surface area contributed by atoms with Crippen LogP contribution in [-0.2, 0) is 0 Å². The van der Waals surface area contributed by atoms with Crippen molar-refractivity contribution in [2.24, 2.45) is 0 Å². The normalized spacial score (nSPS) is 21.0. The molecule has 21 heavy (non-hydrogen) atoms. The van der Waals surface area contributed by atoms with E-state index < -0.39 is 0 Å². The molecular weight excluding hydrogens is 260 g/mol. The standard InChI is InChI=1S/C18H30N2O/c1-13(2)20(12-16-7-5-6-10-19-16)15(4)17-11-14(3)8-9-18(17)21/h8-9,11,13,15-16,19,21H,5-7,10,12H2,1-4H3. The van der Waals surface area contributed by atoms with Crippen LogP contribution < -0.4 is 5.32 Å². The van der Waals surface area contributed by atoms with Crippen molar-refractivity contribution in [3.05, 3.63) is 29.3 Å². The van der Waals surface area contributed by atoms with E-state index in [1.165, 1.54) is 24.8 Å². The summed E-state index contributed by atoms with van der Waals surface area (Å²) in [5.41, 5.74) is 2.24. The van der Waals surface area contributed by atoms with E-state index in [1.807, 2.05) is 12.1 Å². The Kier molecular flexibility index (Phi) is 5.65. The van der Waals surface area contributed by atoms with Gasteiger partial charge >= 0.3 is 0 Å². The summed E-state index contributed by atoms with van der Waals surface area (Å²) >= 11 is 0. The third-order valence-corrected chi connectivity index (χ3v) is 4.64. The smallest absolute Gasteiger partial charge is 0.120 e. The van der Waals surface area contributed by atoms with Crippen molar-refractivity contribution < 1.29 is 5.11 Å². The maximum atomic E-state index is 10.2. The molecule has 1 aromatic carbocycles. The summed E-state index contributed by atoms with van der Waals surface area (Å²) in [5.74, 6) is 0.412. The minimum absolute atomic E-state index is 0.230. The molecule has 0 aliphatic carbocycles. The van der Waals surface area contributed by atoms with Crippen LogP contribution in [0.3, 0.4) is 0 Å². The van der Waals surface area contributed by atoms with Gasteiger partial charge in [0.1, 0.15) is 5.75 Å². The second-order valence-corrected chi connectivity index (χ2v) is 6.68. The highest BCUT2D eigenvalue weighted by Crippen LogP contribution is 2.31. The van der Waals surface area contributed by atoms with E-state index in [1.54, 1.807) is 0 Å². The summed E-state index contributed by atoms with van der Waals surface area (Å²) < 4.78 is 0. The largest absolute Gasteiger partial charge is 0.508 e. The molecule has 1 saturated heterocycles. The molecule has 0 radical (unpaired) electrons. The van der Waals surface area contributed by atoms with Crippen LogP contribution in [0.2, 0.25) is 0 Å². The number of aromatic hydroxyl groups is 1. The third-order valence-electron chi connectivity index (χ3n) is 4.64. The van der Waals surface area contributed by atoms with Gasteiger partial charge in [-0.2, -0.15) is 0 Å². The topological polar surface area (TPSA) is 35.5 Å². The number of hydrogen-bond acceptors (Lipinski definition) is 3. The molecule has 1 aliphatic heterocycles. The molecule has 1 aromatic rings. The van der Waals surface area contributed by atoms with Gasteiger partial charge in [-0.15, -0.1) is 0 Å². The van der Waals surface area contributed by atoms with E-state index in [9.17, 15) is 5.11 Å². The summed E-state index contributed by atoms with van der Waals surface area (Å²) in [5, 5.41) is 13.8. The van der Waals surface area contributed by atoms with Crippen LogP contribution in [0.5, 0.6) is 5.75 Å². The van der Waals surface area contributed by atoms with E-state index in [0.29, 0.717) is 17.8 Å². The summed E-state index contributed by atoms with van der Waals surface area (Å²) in [6.07, 6.45) is 3.88. The Morgan fingerprint density at radius 2 is 2.05 bits per heavy atom. The molecule has 2 N–H and O–H groups in total. The number of hydrogen-bond donors (Lipinski definition) is 2. The highest BCUT2D eigenvalue weighted by Gasteiger charge is 2.25. The van der Waals surface area contributed by atoms with Gasteiger partial charge in [-0.05, 0) is 53.1 Å². The van der Waals surface area contributed by atoms with Crippen molar-refractivity contribution in [2.75, 3.05) is 13.1 Å². The lowest BCUT2D eigenvalue weighted by atomic mass is 9.99. The number of nitrogens with zero attached hydrogens (tertiary/aromatic N) is 1. The minimum Gasteiger partial charge on any atom is -0.508 e. The number of aryl methyl sites for hydroxylation is 1. The number of piperidine rings is 1. The average Bonchev–Trinajstić information content (AvgIpc) is 2.47. The van der Waals surface area contributed by atoms with Gasteiger partial charge in [-0.1, -0.05) is 24.1 Å². The molecule has 1 fully saturated rings. The molecule has 0 spiro atoms. The number of phenolic OH excluding ortho intramolecular Hbond substituents is 1. The average molecular weight is 290 g/mol. The second-order valence-electron chi connectivity index (χ2n) is 6.68. The van der Waals surface area contributed by atoms with Gasteiger partial charge in [0.05, 0.1) is 0 Å². The lowest BCUT2D eigenvalue weighted by Crippen LogP contribution is -2.46. The SMILES string of the molecule is Cc1ccc(O)c(C(C)N(CC2CCCCN2)C(C)C)c1. The molecule has 1 aliphatic rings. The number of nitrogens with one attached hydrogen (secondary N) is 1. The van der Waals surface area contributed by atoms with Crippen molar-refractivity contribution in [3.63, 3.8) is 0 Å². The van der Waals surface area contributed by atoms with Gasteiger partial charge in [-0.3, -0.25) is 4.90 Å². The first-order valence-electron chi connectivity index (χ1n) is 8.27. The number of rotatable bonds is 5. The molecule has 118 valence electrons. The first-order valence-corrected chi connectivity index (χ1v) is 8.27. The van der Waals surface area contributed by atoms with E-state index >= 15 is 0 Å². The maximum absolute atomic E-state index is 10.2. The molecular formula is C18H30N2O. The van der Waals surface area contributed by atoms with Crippen LogP contribution in [0.4, 0.5) is 0 Å². The zero-order chi connectivity index (χ0) is 15.4. The van der Waals surface area contributed by atoms with E-state index in [2.05, 4.69) is 44.0 Å².